The van der Waals surface area contributed by atoms with Crippen LogP contribution in [0.1, 0.15) is 37.5 Å². The third kappa shape index (κ3) is 3.96. The first-order chi connectivity index (χ1) is 17.9. The number of ether oxygens (including phenoxy) is 1. The molecule has 1 aliphatic heterocycles. The highest BCUT2D eigenvalue weighted by Crippen LogP contribution is 2.50. The summed E-state index contributed by atoms with van der Waals surface area (Å²) < 4.78 is 9.23. The van der Waals surface area contributed by atoms with Crippen molar-refractivity contribution in [1.82, 2.24) is 0 Å². The monoisotopic (exact) mass is 516 g/mol. The molecule has 192 valence electrons. The highest BCUT2D eigenvalue weighted by Gasteiger charge is 2.34. The van der Waals surface area contributed by atoms with E-state index in [-0.39, 0.29) is 5.41 Å². The fourth-order valence-electron chi connectivity index (χ4n) is 6.23. The molecule has 0 bridgehead atoms. The van der Waals surface area contributed by atoms with E-state index >= 15 is 0 Å². The smallest absolute Gasteiger partial charge is 0.257 e. The number of hydrogen-bond acceptors (Lipinski definition) is 1. The van der Waals surface area contributed by atoms with E-state index in [2.05, 4.69) is 132 Å². The number of pyridine rings is 1. The van der Waals surface area contributed by atoms with Crippen LogP contribution in [0.2, 0.25) is 13.1 Å². The lowest BCUT2D eigenvalue weighted by molar-refractivity contribution is -0.659. The fraction of sp³-hybridized carbons (Fsp3) is 0.286. The van der Waals surface area contributed by atoms with Crippen LogP contribution in [0.5, 0.6) is 11.5 Å². The van der Waals surface area contributed by atoms with Gasteiger partial charge in [-0.25, -0.2) is 0 Å². The van der Waals surface area contributed by atoms with E-state index in [1.54, 1.807) is 0 Å². The van der Waals surface area contributed by atoms with Crippen molar-refractivity contribution in [3.63, 3.8) is 0 Å². The Morgan fingerprint density at radius 1 is 0.842 bits per heavy atom. The van der Waals surface area contributed by atoms with Crippen LogP contribution in [0.25, 0.3) is 32.8 Å². The first kappa shape index (κ1) is 24.9. The van der Waals surface area contributed by atoms with Gasteiger partial charge in [0.15, 0.2) is 6.20 Å². The van der Waals surface area contributed by atoms with Gasteiger partial charge in [-0.15, -0.1) is 0 Å². The normalized spacial score (nSPS) is 13.1. The van der Waals surface area contributed by atoms with Crippen LogP contribution in [-0.2, 0) is 13.5 Å². The molecule has 38 heavy (non-hydrogen) atoms. The van der Waals surface area contributed by atoms with Crippen molar-refractivity contribution in [3.8, 4) is 22.8 Å². The van der Waals surface area contributed by atoms with Crippen LogP contribution >= 0.6 is 0 Å². The summed E-state index contributed by atoms with van der Waals surface area (Å²) in [5, 5.41) is 7.80. The molecule has 2 heterocycles. The minimum atomic E-state index is -1.87. The lowest BCUT2D eigenvalue weighted by Crippen LogP contribution is -2.52. The van der Waals surface area contributed by atoms with E-state index in [4.69, 9.17) is 4.74 Å². The first-order valence-electron chi connectivity index (χ1n) is 13.7. The Hall–Kier alpha value is -3.43. The summed E-state index contributed by atoms with van der Waals surface area (Å²) in [4.78, 5) is 0. The fourth-order valence-corrected chi connectivity index (χ4v) is 8.60. The molecule has 0 aliphatic carbocycles. The minimum Gasteiger partial charge on any atom is -0.449 e. The van der Waals surface area contributed by atoms with Gasteiger partial charge in [0, 0.05) is 16.2 Å². The van der Waals surface area contributed by atoms with Gasteiger partial charge in [0.1, 0.15) is 20.9 Å². The second-order valence-corrected chi connectivity index (χ2v) is 17.3. The third-order valence-electron chi connectivity index (χ3n) is 8.38. The average molecular weight is 517 g/mol. The van der Waals surface area contributed by atoms with E-state index in [1.165, 1.54) is 59.9 Å². The molecule has 1 aliphatic rings. The predicted molar refractivity (Wildman–Crippen MR) is 164 cm³/mol. The lowest BCUT2D eigenvalue weighted by atomic mass is 9.85. The van der Waals surface area contributed by atoms with Crippen molar-refractivity contribution < 1.29 is 9.30 Å². The summed E-state index contributed by atoms with van der Waals surface area (Å²) in [6, 6.07) is 25.0. The molecule has 6 rings (SSSR count). The molecule has 0 saturated heterocycles. The maximum Gasteiger partial charge on any atom is 0.257 e. The van der Waals surface area contributed by atoms with Gasteiger partial charge in [-0.3, -0.25) is 0 Å². The van der Waals surface area contributed by atoms with Gasteiger partial charge in [-0.2, -0.15) is 4.57 Å². The van der Waals surface area contributed by atoms with Crippen LogP contribution in [0.3, 0.4) is 0 Å². The maximum absolute atomic E-state index is 6.96. The first-order valence-corrected chi connectivity index (χ1v) is 16.7. The molecule has 0 fully saturated rings. The molecular formula is C35H38NOSi+. The SMILES string of the molecule is Cc1cc2cc(CC(C)(C)C)cc3c2c(c1C)-c1c(c2cc([Si](C)(C)c4ccccc4)ccc2c[n+]1C)O3. The molecule has 0 saturated carbocycles. The van der Waals surface area contributed by atoms with Crippen LogP contribution in [0.4, 0.5) is 0 Å². The van der Waals surface area contributed by atoms with Crippen molar-refractivity contribution in [2.45, 2.75) is 54.1 Å². The van der Waals surface area contributed by atoms with Crippen molar-refractivity contribution in [3.05, 3.63) is 89.6 Å². The zero-order chi connectivity index (χ0) is 27.0. The summed E-state index contributed by atoms with van der Waals surface area (Å²) in [7, 11) is 0.287. The van der Waals surface area contributed by atoms with Crippen LogP contribution in [0.15, 0.2) is 72.9 Å². The van der Waals surface area contributed by atoms with Gasteiger partial charge in [0.05, 0.1) is 5.56 Å². The standard InChI is InChI=1S/C35H38NOSi/c1-22-16-26-17-24(20-35(3,4)5)18-30-32(26)31(23(22)2)33-34(37-30)29-19-28(15-14-25(29)21-36(33)6)38(7,8)27-12-10-9-11-13-27/h9-19,21H,20H2,1-8H3/q+1. The number of benzene rings is 4. The molecular weight excluding hydrogens is 478 g/mol. The summed E-state index contributed by atoms with van der Waals surface area (Å²) >= 11 is 0. The number of rotatable bonds is 3. The van der Waals surface area contributed by atoms with E-state index in [9.17, 15) is 0 Å². The topological polar surface area (TPSA) is 13.1 Å². The number of fused-ring (bicyclic) bond motifs is 4. The van der Waals surface area contributed by atoms with Crippen LogP contribution in [-0.4, -0.2) is 8.07 Å². The predicted octanol–water partition coefficient (Wildman–Crippen LogP) is 7.62. The second-order valence-electron chi connectivity index (χ2n) is 12.9. The molecule has 1 aromatic heterocycles. The Balaban J connectivity index is 1.64. The van der Waals surface area contributed by atoms with Crippen LogP contribution in [0, 0.1) is 19.3 Å². The molecule has 5 aromatic rings. The quantitative estimate of drug-likeness (QED) is 0.174. The molecule has 0 amide bonds. The summed E-state index contributed by atoms with van der Waals surface area (Å²) in [5.74, 6) is 1.98. The summed E-state index contributed by atoms with van der Waals surface area (Å²) in [6.07, 6.45) is 3.28. The van der Waals surface area contributed by atoms with Crippen molar-refractivity contribution in [2.24, 2.45) is 12.5 Å². The highest BCUT2D eigenvalue weighted by molar-refractivity contribution is 7.00. The molecule has 4 aromatic carbocycles. The number of aryl methyl sites for hydroxylation is 2. The van der Waals surface area contributed by atoms with Gasteiger partial charge in [0.25, 0.3) is 5.69 Å². The Morgan fingerprint density at radius 2 is 1.58 bits per heavy atom. The van der Waals surface area contributed by atoms with Gasteiger partial charge >= 0.3 is 0 Å². The minimum absolute atomic E-state index is 0.206. The molecule has 0 radical (unpaired) electrons. The van der Waals surface area contributed by atoms with E-state index in [0.29, 0.717) is 0 Å². The van der Waals surface area contributed by atoms with Crippen LogP contribution < -0.4 is 19.7 Å². The summed E-state index contributed by atoms with van der Waals surface area (Å²) in [5.41, 5.74) is 6.68. The third-order valence-corrected chi connectivity index (χ3v) is 11.9. The van der Waals surface area contributed by atoms with Gasteiger partial charge in [0.2, 0.25) is 5.75 Å². The average Bonchev–Trinajstić information content (AvgIpc) is 2.85. The molecule has 0 spiro atoms. The molecule has 0 unspecified atom stereocenters. The summed E-state index contributed by atoms with van der Waals surface area (Å²) in [6.45, 7) is 16.3. The molecule has 2 nitrogen and oxygen atoms in total. The Kier molecular flexibility index (Phi) is 5.59. The van der Waals surface area contributed by atoms with Crippen molar-refractivity contribution >= 4 is 40.0 Å². The number of aromatic nitrogens is 1. The lowest BCUT2D eigenvalue weighted by Gasteiger charge is -2.26. The van der Waals surface area contributed by atoms with E-state index in [0.717, 1.165) is 17.9 Å². The van der Waals surface area contributed by atoms with Gasteiger partial charge in [-0.05, 0) is 59.9 Å². The van der Waals surface area contributed by atoms with E-state index in [1.807, 2.05) is 0 Å². The zero-order valence-electron chi connectivity index (χ0n) is 24.0. The Labute approximate surface area is 227 Å². The van der Waals surface area contributed by atoms with Crippen molar-refractivity contribution in [2.75, 3.05) is 0 Å². The number of hydrogen-bond donors (Lipinski definition) is 0. The maximum atomic E-state index is 6.96. The Morgan fingerprint density at radius 3 is 2.29 bits per heavy atom. The largest absolute Gasteiger partial charge is 0.449 e. The zero-order valence-corrected chi connectivity index (χ0v) is 25.0. The highest BCUT2D eigenvalue weighted by atomic mass is 28.3. The van der Waals surface area contributed by atoms with E-state index < -0.39 is 8.07 Å². The van der Waals surface area contributed by atoms with Gasteiger partial charge in [-0.1, -0.05) is 98.8 Å². The van der Waals surface area contributed by atoms with Crippen molar-refractivity contribution in [1.29, 1.82) is 0 Å². The second kappa shape index (κ2) is 8.54. The molecule has 0 N–H and O–H groups in total. The molecule has 3 heteroatoms. The Bertz CT molecular complexity index is 1740. The number of nitrogens with zero attached hydrogens (tertiary/aromatic N) is 1. The molecule has 0 atom stereocenters. The van der Waals surface area contributed by atoms with Gasteiger partial charge < -0.3 is 4.74 Å².